The number of nitrogens with one attached hydrogen (secondary N) is 1. The van der Waals surface area contributed by atoms with Crippen LogP contribution in [0.2, 0.25) is 0 Å². The number of fused-ring (bicyclic) bond motifs is 1. The largest absolute Gasteiger partial charge is 0.497 e. The van der Waals surface area contributed by atoms with Gasteiger partial charge in [-0.15, -0.1) is 0 Å². The van der Waals surface area contributed by atoms with Crippen LogP contribution in [0.4, 0.5) is 5.69 Å². The molecule has 1 N–H and O–H groups in total. The fraction of sp³-hybridized carbons (Fsp3) is 0.261. The number of carbonyl (C=O) groups excluding carboxylic acids is 1. The number of benzene rings is 3. The lowest BCUT2D eigenvalue weighted by molar-refractivity contribution is -0.119. The number of methoxy groups -OCH3 is 2. The summed E-state index contributed by atoms with van der Waals surface area (Å²) < 4.78 is 38.5. The Bertz CT molecular complexity index is 1230. The van der Waals surface area contributed by atoms with E-state index in [1.807, 2.05) is 24.3 Å². The van der Waals surface area contributed by atoms with Crippen LogP contribution in [0.25, 0.3) is 10.8 Å². The summed E-state index contributed by atoms with van der Waals surface area (Å²) >= 11 is 0. The molecular formula is C23H24N2O5S. The Hall–Kier alpha value is -3.10. The highest BCUT2D eigenvalue weighted by molar-refractivity contribution is 7.89. The van der Waals surface area contributed by atoms with Crippen LogP contribution in [0, 0.1) is 0 Å². The van der Waals surface area contributed by atoms with Gasteiger partial charge in [0, 0.05) is 12.6 Å². The highest BCUT2D eigenvalue weighted by Crippen LogP contribution is 2.32. The Morgan fingerprint density at radius 2 is 1.77 bits per heavy atom. The highest BCUT2D eigenvalue weighted by Gasteiger charge is 2.39. The molecule has 31 heavy (non-hydrogen) atoms. The van der Waals surface area contributed by atoms with Gasteiger partial charge in [-0.05, 0) is 47.9 Å². The lowest BCUT2D eigenvalue weighted by Gasteiger charge is -2.24. The van der Waals surface area contributed by atoms with Crippen LogP contribution >= 0.6 is 0 Å². The summed E-state index contributed by atoms with van der Waals surface area (Å²) in [7, 11) is -0.782. The van der Waals surface area contributed by atoms with Crippen molar-refractivity contribution in [3.05, 3.63) is 60.7 Å². The molecule has 1 atom stereocenters. The third kappa shape index (κ3) is 4.08. The van der Waals surface area contributed by atoms with Crippen molar-refractivity contribution in [2.75, 3.05) is 26.1 Å². The molecule has 1 heterocycles. The first-order chi connectivity index (χ1) is 14.9. The second-order valence-corrected chi connectivity index (χ2v) is 9.23. The summed E-state index contributed by atoms with van der Waals surface area (Å²) in [5.74, 6) is 0.649. The molecule has 8 heteroatoms. The van der Waals surface area contributed by atoms with E-state index in [0.717, 1.165) is 10.8 Å². The van der Waals surface area contributed by atoms with Crippen molar-refractivity contribution in [1.29, 1.82) is 0 Å². The van der Waals surface area contributed by atoms with Gasteiger partial charge in [0.25, 0.3) is 0 Å². The average molecular weight is 441 g/mol. The standard InChI is InChI=1S/C23H24N2O5S/c1-29-18-10-12-20(22(15-18)30-2)24-23(26)21-8-5-13-25(21)31(27,28)19-11-9-16-6-3-4-7-17(16)14-19/h3-4,6-7,9-12,14-15,21H,5,8,13H2,1-2H3,(H,24,26)/t21-/m0/s1. The quantitative estimate of drug-likeness (QED) is 0.633. The lowest BCUT2D eigenvalue weighted by atomic mass is 10.1. The van der Waals surface area contributed by atoms with Gasteiger partial charge in [0.15, 0.2) is 0 Å². The van der Waals surface area contributed by atoms with Crippen LogP contribution in [-0.4, -0.2) is 45.4 Å². The van der Waals surface area contributed by atoms with Gasteiger partial charge in [-0.2, -0.15) is 4.31 Å². The number of hydrogen-bond acceptors (Lipinski definition) is 5. The molecule has 1 aliphatic rings. The summed E-state index contributed by atoms with van der Waals surface area (Å²) in [6.07, 6.45) is 1.07. The Morgan fingerprint density at radius 1 is 1.00 bits per heavy atom. The molecule has 0 unspecified atom stereocenters. The molecule has 1 fully saturated rings. The smallest absolute Gasteiger partial charge is 0.243 e. The minimum absolute atomic E-state index is 0.188. The fourth-order valence-corrected chi connectivity index (χ4v) is 5.56. The third-order valence-electron chi connectivity index (χ3n) is 5.50. The zero-order valence-corrected chi connectivity index (χ0v) is 18.2. The molecular weight excluding hydrogens is 416 g/mol. The van der Waals surface area contributed by atoms with E-state index < -0.39 is 16.1 Å². The number of amides is 1. The van der Waals surface area contributed by atoms with E-state index in [1.54, 1.807) is 43.5 Å². The van der Waals surface area contributed by atoms with Gasteiger partial charge in [0.1, 0.15) is 17.5 Å². The molecule has 0 aromatic heterocycles. The van der Waals surface area contributed by atoms with Gasteiger partial charge in [-0.25, -0.2) is 8.42 Å². The van der Waals surface area contributed by atoms with Gasteiger partial charge < -0.3 is 14.8 Å². The van der Waals surface area contributed by atoms with Gasteiger partial charge in [-0.3, -0.25) is 4.79 Å². The minimum Gasteiger partial charge on any atom is -0.497 e. The molecule has 4 rings (SSSR count). The number of rotatable bonds is 6. The predicted molar refractivity (Wildman–Crippen MR) is 119 cm³/mol. The first kappa shape index (κ1) is 21.1. The van der Waals surface area contributed by atoms with Crippen molar-refractivity contribution in [2.24, 2.45) is 0 Å². The lowest BCUT2D eigenvalue weighted by Crippen LogP contribution is -2.43. The van der Waals surface area contributed by atoms with Gasteiger partial charge in [-0.1, -0.05) is 30.3 Å². The Labute approximate surface area is 181 Å². The first-order valence-corrected chi connectivity index (χ1v) is 11.4. The molecule has 3 aromatic carbocycles. The number of anilines is 1. The Balaban J connectivity index is 1.60. The van der Waals surface area contributed by atoms with Gasteiger partial charge in [0.05, 0.1) is 24.8 Å². The van der Waals surface area contributed by atoms with Crippen molar-refractivity contribution < 1.29 is 22.7 Å². The van der Waals surface area contributed by atoms with Crippen LogP contribution in [0.15, 0.2) is 65.6 Å². The summed E-state index contributed by atoms with van der Waals surface area (Å²) in [6, 6.07) is 16.9. The minimum atomic E-state index is -3.82. The maximum Gasteiger partial charge on any atom is 0.243 e. The number of carbonyl (C=O) groups is 1. The first-order valence-electron chi connectivity index (χ1n) is 9.97. The van der Waals surface area contributed by atoms with E-state index in [9.17, 15) is 13.2 Å². The molecule has 1 saturated heterocycles. The molecule has 0 saturated carbocycles. The predicted octanol–water partition coefficient (Wildman–Crippen LogP) is 3.65. The molecule has 1 amide bonds. The number of hydrogen-bond donors (Lipinski definition) is 1. The van der Waals surface area contributed by atoms with Crippen LogP contribution in [0.1, 0.15) is 12.8 Å². The second kappa shape index (κ2) is 8.56. The van der Waals surface area contributed by atoms with Gasteiger partial charge >= 0.3 is 0 Å². The molecule has 162 valence electrons. The zero-order valence-electron chi connectivity index (χ0n) is 17.4. The summed E-state index contributed by atoms with van der Waals surface area (Å²) in [5, 5.41) is 4.61. The molecule has 0 spiro atoms. The molecule has 0 bridgehead atoms. The van der Waals surface area contributed by atoms with E-state index in [1.165, 1.54) is 11.4 Å². The van der Waals surface area contributed by atoms with Gasteiger partial charge in [0.2, 0.25) is 15.9 Å². The molecule has 1 aliphatic heterocycles. The van der Waals surface area contributed by atoms with Crippen molar-refractivity contribution in [2.45, 2.75) is 23.8 Å². The van der Waals surface area contributed by atoms with E-state index in [4.69, 9.17) is 9.47 Å². The number of sulfonamides is 1. The molecule has 3 aromatic rings. The van der Waals surface area contributed by atoms with Crippen molar-refractivity contribution in [1.82, 2.24) is 4.31 Å². The summed E-state index contributed by atoms with van der Waals surface area (Å²) in [6.45, 7) is 0.299. The van der Waals surface area contributed by atoms with Crippen LogP contribution in [-0.2, 0) is 14.8 Å². The summed E-state index contributed by atoms with van der Waals surface area (Å²) in [4.78, 5) is 13.2. The normalized spacial score (nSPS) is 16.9. The van der Waals surface area contributed by atoms with E-state index in [2.05, 4.69) is 5.32 Å². The van der Waals surface area contributed by atoms with Crippen LogP contribution in [0.3, 0.4) is 0 Å². The average Bonchev–Trinajstić information content (AvgIpc) is 3.30. The Morgan fingerprint density at radius 3 is 2.52 bits per heavy atom. The fourth-order valence-electron chi connectivity index (χ4n) is 3.87. The second-order valence-electron chi connectivity index (χ2n) is 7.34. The van der Waals surface area contributed by atoms with E-state index in [0.29, 0.717) is 36.6 Å². The van der Waals surface area contributed by atoms with Crippen molar-refractivity contribution in [3.63, 3.8) is 0 Å². The molecule has 0 aliphatic carbocycles. The zero-order chi connectivity index (χ0) is 22.0. The topological polar surface area (TPSA) is 84.9 Å². The van der Waals surface area contributed by atoms with Crippen molar-refractivity contribution in [3.8, 4) is 11.5 Å². The molecule has 0 radical (unpaired) electrons. The van der Waals surface area contributed by atoms with E-state index >= 15 is 0 Å². The highest BCUT2D eigenvalue weighted by atomic mass is 32.2. The maximum atomic E-state index is 13.4. The maximum absolute atomic E-state index is 13.4. The number of ether oxygens (including phenoxy) is 2. The Kier molecular flexibility index (Phi) is 5.84. The SMILES string of the molecule is COc1ccc(NC(=O)[C@@H]2CCCN2S(=O)(=O)c2ccc3ccccc3c2)c(OC)c1. The summed E-state index contributed by atoms with van der Waals surface area (Å²) in [5.41, 5.74) is 0.461. The van der Waals surface area contributed by atoms with Crippen LogP contribution < -0.4 is 14.8 Å². The van der Waals surface area contributed by atoms with Crippen LogP contribution in [0.5, 0.6) is 11.5 Å². The van der Waals surface area contributed by atoms with E-state index in [-0.39, 0.29) is 10.8 Å². The monoisotopic (exact) mass is 440 g/mol. The van der Waals surface area contributed by atoms with Crippen molar-refractivity contribution >= 4 is 32.4 Å². The number of nitrogens with zero attached hydrogens (tertiary/aromatic N) is 1. The third-order valence-corrected chi connectivity index (χ3v) is 7.40. The molecule has 7 nitrogen and oxygen atoms in total.